The van der Waals surface area contributed by atoms with Crippen LogP contribution >= 0.6 is 23.4 Å². The second-order valence-corrected chi connectivity index (χ2v) is 9.20. The van der Waals surface area contributed by atoms with Gasteiger partial charge in [-0.2, -0.15) is 0 Å². The number of nitrogens with one attached hydrogen (secondary N) is 1. The molecule has 0 unspecified atom stereocenters. The predicted octanol–water partition coefficient (Wildman–Crippen LogP) is 5.47. The van der Waals surface area contributed by atoms with Crippen molar-refractivity contribution >= 4 is 46.0 Å². The first-order valence-electron chi connectivity index (χ1n) is 10.6. The van der Waals surface area contributed by atoms with Gasteiger partial charge in [0.2, 0.25) is 0 Å². The molecule has 1 fully saturated rings. The number of anilines is 1. The molecular weight excluding hydrogens is 440 g/mol. The van der Waals surface area contributed by atoms with Crippen LogP contribution in [0.25, 0.3) is 11.0 Å². The zero-order chi connectivity index (χ0) is 21.9. The van der Waals surface area contributed by atoms with Crippen LogP contribution in [0.5, 0.6) is 0 Å². The minimum atomic E-state index is 0.0900. The van der Waals surface area contributed by atoms with Crippen molar-refractivity contribution in [2.45, 2.75) is 10.9 Å². The van der Waals surface area contributed by atoms with Crippen molar-refractivity contribution in [3.05, 3.63) is 88.9 Å². The molecule has 0 spiro atoms. The Bertz CT molecular complexity index is 1200. The molecule has 1 aromatic heterocycles. The zero-order valence-corrected chi connectivity index (χ0v) is 19.1. The second kappa shape index (κ2) is 9.27. The quantitative estimate of drug-likeness (QED) is 0.399. The van der Waals surface area contributed by atoms with Gasteiger partial charge in [-0.25, -0.2) is 4.98 Å². The SMILES string of the molecule is O=C(c1ccc(CSc2nc3ccccc3[nH]2)cc1)N1CCN(c2cccc(Cl)c2)CC1. The third kappa shape index (κ3) is 4.61. The van der Waals surface area contributed by atoms with Crippen molar-refractivity contribution in [3.63, 3.8) is 0 Å². The van der Waals surface area contributed by atoms with Gasteiger partial charge in [0.05, 0.1) is 11.0 Å². The van der Waals surface area contributed by atoms with Crippen LogP contribution in [-0.2, 0) is 5.75 Å². The van der Waals surface area contributed by atoms with Crippen molar-refractivity contribution in [1.82, 2.24) is 14.9 Å². The lowest BCUT2D eigenvalue weighted by atomic mass is 10.1. The molecule has 1 aliphatic heterocycles. The summed E-state index contributed by atoms with van der Waals surface area (Å²) in [6.45, 7) is 3.01. The molecule has 0 radical (unpaired) electrons. The van der Waals surface area contributed by atoms with E-state index in [1.54, 1.807) is 11.8 Å². The topological polar surface area (TPSA) is 52.2 Å². The van der Waals surface area contributed by atoms with E-state index < -0.39 is 0 Å². The maximum absolute atomic E-state index is 13.0. The highest BCUT2D eigenvalue weighted by molar-refractivity contribution is 7.98. The number of hydrogen-bond acceptors (Lipinski definition) is 4. The molecule has 1 aliphatic rings. The summed E-state index contributed by atoms with van der Waals surface area (Å²) < 4.78 is 0. The van der Waals surface area contributed by atoms with Crippen LogP contribution in [0.2, 0.25) is 5.02 Å². The van der Waals surface area contributed by atoms with E-state index in [-0.39, 0.29) is 5.91 Å². The molecule has 0 aliphatic carbocycles. The van der Waals surface area contributed by atoms with Gasteiger partial charge >= 0.3 is 0 Å². The summed E-state index contributed by atoms with van der Waals surface area (Å²) in [6.07, 6.45) is 0. The summed E-state index contributed by atoms with van der Waals surface area (Å²) >= 11 is 7.78. The molecule has 7 heteroatoms. The number of halogens is 1. The summed E-state index contributed by atoms with van der Waals surface area (Å²) in [6, 6.07) is 23.8. The zero-order valence-electron chi connectivity index (χ0n) is 17.5. The van der Waals surface area contributed by atoms with Crippen LogP contribution in [-0.4, -0.2) is 47.0 Å². The Morgan fingerprint density at radius 3 is 2.50 bits per heavy atom. The minimum Gasteiger partial charge on any atom is -0.368 e. The summed E-state index contributed by atoms with van der Waals surface area (Å²) in [5, 5.41) is 1.64. The van der Waals surface area contributed by atoms with Crippen LogP contribution < -0.4 is 4.90 Å². The monoisotopic (exact) mass is 462 g/mol. The number of nitrogens with zero attached hydrogens (tertiary/aromatic N) is 3. The van der Waals surface area contributed by atoms with Gasteiger partial charge in [0, 0.05) is 48.2 Å². The number of carbonyl (C=O) groups excluding carboxylic acids is 1. The number of hydrogen-bond donors (Lipinski definition) is 1. The van der Waals surface area contributed by atoms with Crippen LogP contribution in [0, 0.1) is 0 Å². The van der Waals surface area contributed by atoms with Crippen LogP contribution in [0.4, 0.5) is 5.69 Å². The lowest BCUT2D eigenvalue weighted by molar-refractivity contribution is 0.0747. The number of thioether (sulfide) groups is 1. The van der Waals surface area contributed by atoms with E-state index in [9.17, 15) is 4.79 Å². The number of H-pyrrole nitrogens is 1. The molecule has 4 aromatic rings. The smallest absolute Gasteiger partial charge is 0.253 e. The summed E-state index contributed by atoms with van der Waals surface area (Å²) in [5.41, 5.74) is 5.03. The number of benzene rings is 3. The Morgan fingerprint density at radius 2 is 1.75 bits per heavy atom. The number of aromatic nitrogens is 2. The van der Waals surface area contributed by atoms with Gasteiger partial charge in [-0.15, -0.1) is 0 Å². The standard InChI is InChI=1S/C25H23ClN4OS/c26-20-4-3-5-21(16-20)29-12-14-30(15-13-29)24(31)19-10-8-18(9-11-19)17-32-25-27-22-6-1-2-7-23(22)28-25/h1-11,16H,12-15,17H2,(H,27,28). The number of aromatic amines is 1. The van der Waals surface area contributed by atoms with E-state index in [1.807, 2.05) is 71.6 Å². The minimum absolute atomic E-state index is 0.0900. The second-order valence-electron chi connectivity index (χ2n) is 7.80. The van der Waals surface area contributed by atoms with Gasteiger partial charge in [0.25, 0.3) is 5.91 Å². The Balaban J connectivity index is 1.16. The third-order valence-electron chi connectivity index (χ3n) is 5.68. The number of rotatable bonds is 5. The molecular formula is C25H23ClN4OS. The van der Waals surface area contributed by atoms with Crippen molar-refractivity contribution < 1.29 is 4.79 Å². The van der Waals surface area contributed by atoms with Crippen LogP contribution in [0.1, 0.15) is 15.9 Å². The molecule has 162 valence electrons. The molecule has 2 heterocycles. The fourth-order valence-corrected chi connectivity index (χ4v) is 4.94. The maximum atomic E-state index is 13.0. The number of piperazine rings is 1. The largest absolute Gasteiger partial charge is 0.368 e. The van der Waals surface area contributed by atoms with E-state index in [1.165, 1.54) is 0 Å². The van der Waals surface area contributed by atoms with E-state index in [4.69, 9.17) is 11.6 Å². The molecule has 0 bridgehead atoms. The highest BCUT2D eigenvalue weighted by Crippen LogP contribution is 2.24. The highest BCUT2D eigenvalue weighted by atomic mass is 35.5. The molecule has 1 amide bonds. The van der Waals surface area contributed by atoms with Gasteiger partial charge in [0.1, 0.15) is 0 Å². The first-order chi connectivity index (χ1) is 15.7. The molecule has 1 N–H and O–H groups in total. The molecule has 0 atom stereocenters. The molecule has 1 saturated heterocycles. The van der Waals surface area contributed by atoms with E-state index in [0.29, 0.717) is 13.1 Å². The first-order valence-corrected chi connectivity index (χ1v) is 12.0. The number of fused-ring (bicyclic) bond motifs is 1. The Labute approximate surface area is 196 Å². The molecule has 32 heavy (non-hydrogen) atoms. The Kier molecular flexibility index (Phi) is 6.06. The molecule has 5 rings (SSSR count). The molecule has 0 saturated carbocycles. The third-order valence-corrected chi connectivity index (χ3v) is 6.86. The summed E-state index contributed by atoms with van der Waals surface area (Å²) in [5.74, 6) is 0.888. The Hall–Kier alpha value is -2.96. The van der Waals surface area contributed by atoms with Crippen LogP contribution in [0.3, 0.4) is 0 Å². The van der Waals surface area contributed by atoms with Crippen molar-refractivity contribution in [2.75, 3.05) is 31.1 Å². The molecule has 5 nitrogen and oxygen atoms in total. The number of carbonyl (C=O) groups is 1. The van der Waals surface area contributed by atoms with Crippen LogP contribution in [0.15, 0.2) is 78.0 Å². The average Bonchev–Trinajstić information content (AvgIpc) is 3.26. The molecule has 3 aromatic carbocycles. The summed E-state index contributed by atoms with van der Waals surface area (Å²) in [7, 11) is 0. The normalized spacial score (nSPS) is 14.2. The lowest BCUT2D eigenvalue weighted by Gasteiger charge is -2.36. The first kappa shape index (κ1) is 20.9. The van der Waals surface area contributed by atoms with Gasteiger partial charge in [-0.05, 0) is 48.0 Å². The van der Waals surface area contributed by atoms with Gasteiger partial charge in [-0.1, -0.05) is 53.7 Å². The number of amides is 1. The van der Waals surface area contributed by atoms with Crippen molar-refractivity contribution in [1.29, 1.82) is 0 Å². The number of imidazole rings is 1. The van der Waals surface area contributed by atoms with Gasteiger partial charge in [0.15, 0.2) is 5.16 Å². The lowest BCUT2D eigenvalue weighted by Crippen LogP contribution is -2.48. The van der Waals surface area contributed by atoms with E-state index in [2.05, 4.69) is 20.9 Å². The van der Waals surface area contributed by atoms with E-state index >= 15 is 0 Å². The van der Waals surface area contributed by atoms with Gasteiger partial charge in [-0.3, -0.25) is 4.79 Å². The van der Waals surface area contributed by atoms with E-state index in [0.717, 1.165) is 56.9 Å². The van der Waals surface area contributed by atoms with Crippen molar-refractivity contribution in [3.8, 4) is 0 Å². The Morgan fingerprint density at radius 1 is 0.969 bits per heavy atom. The fourth-order valence-electron chi connectivity index (χ4n) is 3.92. The fraction of sp³-hybridized carbons (Fsp3) is 0.200. The number of para-hydroxylation sites is 2. The predicted molar refractivity (Wildman–Crippen MR) is 132 cm³/mol. The maximum Gasteiger partial charge on any atom is 0.253 e. The van der Waals surface area contributed by atoms with Crippen molar-refractivity contribution in [2.24, 2.45) is 0 Å². The van der Waals surface area contributed by atoms with Gasteiger partial charge < -0.3 is 14.8 Å². The summed E-state index contributed by atoms with van der Waals surface area (Å²) in [4.78, 5) is 25.1. The highest BCUT2D eigenvalue weighted by Gasteiger charge is 2.22. The average molecular weight is 463 g/mol.